The monoisotopic (exact) mass is 346 g/mol. The standard InChI is InChI=1S/C22H22N2O2/c1-15-4-3-5-17(12-15)22(25)24-10-8-16(9-11-24)20-14-23-21-7-6-18(26-2)13-19(20)21/h3-8,12-14,23H,9-11H2,1-2H3. The molecular formula is C22H22N2O2. The summed E-state index contributed by atoms with van der Waals surface area (Å²) in [5.41, 5.74) is 5.44. The van der Waals surface area contributed by atoms with Crippen LogP contribution in [0.2, 0.25) is 0 Å². The Labute approximate surface area is 153 Å². The van der Waals surface area contributed by atoms with Crippen LogP contribution < -0.4 is 4.74 Å². The van der Waals surface area contributed by atoms with Crippen LogP contribution in [0, 0.1) is 6.92 Å². The van der Waals surface area contributed by atoms with Crippen molar-refractivity contribution in [2.75, 3.05) is 20.2 Å². The predicted octanol–water partition coefficient (Wildman–Crippen LogP) is 4.41. The summed E-state index contributed by atoms with van der Waals surface area (Å²) in [5.74, 6) is 0.954. The van der Waals surface area contributed by atoms with Gasteiger partial charge in [-0.3, -0.25) is 4.79 Å². The lowest BCUT2D eigenvalue weighted by atomic mass is 9.98. The van der Waals surface area contributed by atoms with Crippen LogP contribution in [0.4, 0.5) is 0 Å². The number of rotatable bonds is 3. The van der Waals surface area contributed by atoms with Gasteiger partial charge in [0.1, 0.15) is 5.75 Å². The van der Waals surface area contributed by atoms with E-state index in [1.807, 2.05) is 54.4 Å². The first-order chi connectivity index (χ1) is 12.7. The maximum Gasteiger partial charge on any atom is 0.254 e. The van der Waals surface area contributed by atoms with Crippen LogP contribution in [0.15, 0.2) is 54.7 Å². The van der Waals surface area contributed by atoms with E-state index in [2.05, 4.69) is 17.1 Å². The number of aryl methyl sites for hydroxylation is 1. The van der Waals surface area contributed by atoms with Crippen LogP contribution in [0.5, 0.6) is 5.75 Å². The number of carbonyl (C=O) groups is 1. The van der Waals surface area contributed by atoms with Crippen LogP contribution >= 0.6 is 0 Å². The molecule has 0 saturated carbocycles. The minimum atomic E-state index is 0.101. The van der Waals surface area contributed by atoms with Crippen molar-refractivity contribution in [3.63, 3.8) is 0 Å². The fourth-order valence-corrected chi connectivity index (χ4v) is 3.55. The van der Waals surface area contributed by atoms with Gasteiger partial charge in [0.15, 0.2) is 0 Å². The molecule has 0 bridgehead atoms. The molecule has 3 aromatic rings. The molecule has 4 rings (SSSR count). The zero-order chi connectivity index (χ0) is 18.1. The number of fused-ring (bicyclic) bond motifs is 1. The van der Waals surface area contributed by atoms with E-state index in [0.717, 1.165) is 40.7 Å². The molecule has 0 radical (unpaired) electrons. The van der Waals surface area contributed by atoms with Crippen molar-refractivity contribution in [3.8, 4) is 5.75 Å². The van der Waals surface area contributed by atoms with Gasteiger partial charge in [0, 0.05) is 41.3 Å². The molecule has 1 aliphatic heterocycles. The highest BCUT2D eigenvalue weighted by molar-refractivity contribution is 5.96. The summed E-state index contributed by atoms with van der Waals surface area (Å²) < 4.78 is 5.35. The summed E-state index contributed by atoms with van der Waals surface area (Å²) in [6, 6.07) is 13.8. The summed E-state index contributed by atoms with van der Waals surface area (Å²) >= 11 is 0. The molecule has 26 heavy (non-hydrogen) atoms. The maximum atomic E-state index is 12.7. The lowest BCUT2D eigenvalue weighted by Crippen LogP contribution is -2.34. The van der Waals surface area contributed by atoms with E-state index in [0.29, 0.717) is 6.54 Å². The number of hydrogen-bond acceptors (Lipinski definition) is 2. The van der Waals surface area contributed by atoms with Gasteiger partial charge in [-0.2, -0.15) is 0 Å². The Morgan fingerprint density at radius 3 is 2.81 bits per heavy atom. The molecular weight excluding hydrogens is 324 g/mol. The van der Waals surface area contributed by atoms with Gasteiger partial charge in [-0.15, -0.1) is 0 Å². The van der Waals surface area contributed by atoms with E-state index >= 15 is 0 Å². The number of ether oxygens (including phenoxy) is 1. The van der Waals surface area contributed by atoms with Crippen LogP contribution in [0.1, 0.15) is 27.9 Å². The topological polar surface area (TPSA) is 45.3 Å². The van der Waals surface area contributed by atoms with Gasteiger partial charge in [0.25, 0.3) is 5.91 Å². The Morgan fingerprint density at radius 2 is 2.08 bits per heavy atom. The first kappa shape index (κ1) is 16.5. The average Bonchev–Trinajstić information content (AvgIpc) is 3.10. The van der Waals surface area contributed by atoms with Crippen LogP contribution in [-0.2, 0) is 0 Å². The molecule has 1 aliphatic rings. The molecule has 2 heterocycles. The number of nitrogens with zero attached hydrogens (tertiary/aromatic N) is 1. The fraction of sp³-hybridized carbons (Fsp3) is 0.227. The Hall–Kier alpha value is -3.01. The molecule has 0 spiro atoms. The summed E-state index contributed by atoms with van der Waals surface area (Å²) in [7, 11) is 1.68. The smallest absolute Gasteiger partial charge is 0.254 e. The van der Waals surface area contributed by atoms with Crippen molar-refractivity contribution < 1.29 is 9.53 Å². The molecule has 1 amide bonds. The van der Waals surface area contributed by atoms with Crippen LogP contribution in [0.3, 0.4) is 0 Å². The van der Waals surface area contributed by atoms with E-state index in [4.69, 9.17) is 4.74 Å². The van der Waals surface area contributed by atoms with Crippen molar-refractivity contribution in [3.05, 3.63) is 71.4 Å². The number of amides is 1. The van der Waals surface area contributed by atoms with Gasteiger partial charge in [0.05, 0.1) is 7.11 Å². The average molecular weight is 346 g/mol. The third-order valence-electron chi connectivity index (χ3n) is 5.00. The lowest BCUT2D eigenvalue weighted by Gasteiger charge is -2.26. The van der Waals surface area contributed by atoms with Gasteiger partial charge >= 0.3 is 0 Å². The van der Waals surface area contributed by atoms with E-state index in [1.54, 1.807) is 7.11 Å². The normalized spacial score (nSPS) is 14.4. The second kappa shape index (κ2) is 6.71. The Balaban J connectivity index is 1.57. The number of H-pyrrole nitrogens is 1. The highest BCUT2D eigenvalue weighted by atomic mass is 16.5. The number of methoxy groups -OCH3 is 1. The third kappa shape index (κ3) is 2.99. The molecule has 0 aliphatic carbocycles. The Bertz CT molecular complexity index is 1000. The quantitative estimate of drug-likeness (QED) is 0.763. The first-order valence-electron chi connectivity index (χ1n) is 8.86. The molecule has 1 N–H and O–H groups in total. The van der Waals surface area contributed by atoms with Crippen molar-refractivity contribution in [2.45, 2.75) is 13.3 Å². The number of nitrogens with one attached hydrogen (secondary N) is 1. The summed E-state index contributed by atoms with van der Waals surface area (Å²) in [6.07, 6.45) is 5.06. The molecule has 1 aromatic heterocycles. The summed E-state index contributed by atoms with van der Waals surface area (Å²) in [6.45, 7) is 3.38. The number of benzene rings is 2. The largest absolute Gasteiger partial charge is 0.497 e. The third-order valence-corrected chi connectivity index (χ3v) is 5.00. The number of aromatic amines is 1. The van der Waals surface area contributed by atoms with Gasteiger partial charge in [0.2, 0.25) is 0 Å². The first-order valence-corrected chi connectivity index (χ1v) is 8.86. The van der Waals surface area contributed by atoms with E-state index in [9.17, 15) is 4.79 Å². The minimum absolute atomic E-state index is 0.101. The highest BCUT2D eigenvalue weighted by Gasteiger charge is 2.20. The lowest BCUT2D eigenvalue weighted by molar-refractivity contribution is 0.0773. The maximum absolute atomic E-state index is 12.7. The van der Waals surface area contributed by atoms with Gasteiger partial charge in [-0.1, -0.05) is 23.8 Å². The van der Waals surface area contributed by atoms with Gasteiger partial charge in [-0.25, -0.2) is 0 Å². The van der Waals surface area contributed by atoms with Crippen LogP contribution in [-0.4, -0.2) is 36.0 Å². The molecule has 132 valence electrons. The molecule has 4 nitrogen and oxygen atoms in total. The predicted molar refractivity (Wildman–Crippen MR) is 105 cm³/mol. The molecule has 0 saturated heterocycles. The SMILES string of the molecule is COc1ccc2[nH]cc(C3=CCN(C(=O)c4cccc(C)c4)CC3)c2c1. The van der Waals surface area contributed by atoms with Crippen molar-refractivity contribution in [1.82, 2.24) is 9.88 Å². The Morgan fingerprint density at radius 1 is 1.19 bits per heavy atom. The second-order valence-electron chi connectivity index (χ2n) is 6.71. The molecule has 4 heteroatoms. The Kier molecular flexibility index (Phi) is 4.25. The summed E-state index contributed by atoms with van der Waals surface area (Å²) in [4.78, 5) is 18.0. The van der Waals surface area contributed by atoms with Crippen molar-refractivity contribution in [2.24, 2.45) is 0 Å². The highest BCUT2D eigenvalue weighted by Crippen LogP contribution is 2.31. The second-order valence-corrected chi connectivity index (χ2v) is 6.71. The molecule has 0 atom stereocenters. The van der Waals surface area contributed by atoms with E-state index < -0.39 is 0 Å². The van der Waals surface area contributed by atoms with E-state index in [-0.39, 0.29) is 5.91 Å². The van der Waals surface area contributed by atoms with Crippen LogP contribution in [0.25, 0.3) is 16.5 Å². The van der Waals surface area contributed by atoms with Crippen molar-refractivity contribution >= 4 is 22.4 Å². The molecule has 2 aromatic carbocycles. The van der Waals surface area contributed by atoms with Gasteiger partial charge in [-0.05, 0) is 49.2 Å². The fourth-order valence-electron chi connectivity index (χ4n) is 3.55. The zero-order valence-corrected chi connectivity index (χ0v) is 15.1. The minimum Gasteiger partial charge on any atom is -0.497 e. The molecule has 0 fully saturated rings. The number of hydrogen-bond donors (Lipinski definition) is 1. The van der Waals surface area contributed by atoms with Crippen molar-refractivity contribution in [1.29, 1.82) is 0 Å². The van der Waals surface area contributed by atoms with E-state index in [1.165, 1.54) is 11.1 Å². The summed E-state index contributed by atoms with van der Waals surface area (Å²) in [5, 5.41) is 1.16. The number of aromatic nitrogens is 1. The zero-order valence-electron chi connectivity index (χ0n) is 15.1. The van der Waals surface area contributed by atoms with Gasteiger partial charge < -0.3 is 14.6 Å². The number of carbonyl (C=O) groups excluding carboxylic acids is 1. The molecule has 0 unspecified atom stereocenters.